The van der Waals surface area contributed by atoms with Crippen molar-refractivity contribution >= 4 is 55.8 Å². The maximum Gasteiger partial charge on any atom is 0.261 e. The number of halogens is 3. The second kappa shape index (κ2) is 8.06. The van der Waals surface area contributed by atoms with Crippen molar-refractivity contribution in [1.82, 2.24) is 9.97 Å². The fraction of sp³-hybridized carbons (Fsp3) is 0.0952. The molecule has 0 saturated carbocycles. The van der Waals surface area contributed by atoms with Crippen molar-refractivity contribution in [3.63, 3.8) is 0 Å². The zero-order chi connectivity index (χ0) is 20.5. The van der Waals surface area contributed by atoms with Crippen LogP contribution >= 0.6 is 34.5 Å². The number of anilines is 1. The Labute approximate surface area is 180 Å². The highest BCUT2D eigenvalue weighted by atomic mass is 35.5. The molecule has 2 aromatic heterocycles. The smallest absolute Gasteiger partial charge is 0.261 e. The van der Waals surface area contributed by atoms with Crippen LogP contribution in [0.4, 0.5) is 9.52 Å². The molecule has 0 spiro atoms. The molecule has 0 atom stereocenters. The monoisotopic (exact) mass is 445 g/mol. The van der Waals surface area contributed by atoms with Crippen molar-refractivity contribution < 1.29 is 9.18 Å². The molecular formula is C21H14Cl2FN3OS. The van der Waals surface area contributed by atoms with Gasteiger partial charge in [-0.1, -0.05) is 40.6 Å². The van der Waals surface area contributed by atoms with E-state index in [0.717, 1.165) is 21.8 Å². The maximum atomic E-state index is 13.5. The summed E-state index contributed by atoms with van der Waals surface area (Å²) < 4.78 is 14.4. The van der Waals surface area contributed by atoms with Crippen LogP contribution in [0, 0.1) is 12.7 Å². The van der Waals surface area contributed by atoms with Crippen LogP contribution in [0.3, 0.4) is 0 Å². The predicted octanol–water partition coefficient (Wildman–Crippen LogP) is 6.29. The summed E-state index contributed by atoms with van der Waals surface area (Å²) in [6.07, 6.45) is 1.66. The van der Waals surface area contributed by atoms with E-state index >= 15 is 0 Å². The number of rotatable bonds is 4. The lowest BCUT2D eigenvalue weighted by atomic mass is 10.2. The quantitative estimate of drug-likeness (QED) is 0.370. The van der Waals surface area contributed by atoms with Crippen molar-refractivity contribution in [2.75, 3.05) is 4.90 Å². The highest BCUT2D eigenvalue weighted by Crippen LogP contribution is 2.35. The number of hydrogen-bond donors (Lipinski definition) is 0. The molecule has 1 amide bonds. The molecule has 2 heterocycles. The standard InChI is InChI=1S/C21H14Cl2FN3OS/c1-12-16(22)7-8-18-19(12)26-21(29-18)27(11-14-4-2-3-9-25-14)20(28)15-6-5-13(24)10-17(15)23/h2-10H,11H2,1H3. The van der Waals surface area contributed by atoms with Crippen LogP contribution < -0.4 is 4.90 Å². The molecule has 0 bridgehead atoms. The molecule has 0 fully saturated rings. The number of benzene rings is 2. The normalized spacial score (nSPS) is 11.0. The maximum absolute atomic E-state index is 13.5. The number of hydrogen-bond acceptors (Lipinski definition) is 4. The molecule has 0 aliphatic rings. The molecule has 29 heavy (non-hydrogen) atoms. The number of nitrogens with zero attached hydrogens (tertiary/aromatic N) is 3. The third-order valence-electron chi connectivity index (χ3n) is 4.42. The average molecular weight is 446 g/mol. The van der Waals surface area contributed by atoms with Crippen molar-refractivity contribution in [3.05, 3.63) is 87.4 Å². The SMILES string of the molecule is Cc1c(Cl)ccc2sc(N(Cc3ccccn3)C(=O)c3ccc(F)cc3Cl)nc12. The summed E-state index contributed by atoms with van der Waals surface area (Å²) in [5, 5.41) is 1.14. The Bertz CT molecular complexity index is 1210. The minimum Gasteiger partial charge on any atom is -0.278 e. The molecule has 0 aliphatic carbocycles. The van der Waals surface area contributed by atoms with Crippen LogP contribution in [0.15, 0.2) is 54.7 Å². The van der Waals surface area contributed by atoms with Gasteiger partial charge in [-0.05, 0) is 55.0 Å². The molecule has 0 aliphatic heterocycles. The number of fused-ring (bicyclic) bond motifs is 1. The van der Waals surface area contributed by atoms with E-state index in [9.17, 15) is 9.18 Å². The van der Waals surface area contributed by atoms with Crippen LogP contribution in [-0.4, -0.2) is 15.9 Å². The summed E-state index contributed by atoms with van der Waals surface area (Å²) in [5.74, 6) is -0.892. The average Bonchev–Trinajstić information content (AvgIpc) is 3.14. The van der Waals surface area contributed by atoms with Crippen LogP contribution in [0.2, 0.25) is 10.0 Å². The predicted molar refractivity (Wildman–Crippen MR) is 116 cm³/mol. The van der Waals surface area contributed by atoms with E-state index < -0.39 is 5.82 Å². The van der Waals surface area contributed by atoms with Crippen LogP contribution in [0.25, 0.3) is 10.2 Å². The highest BCUT2D eigenvalue weighted by molar-refractivity contribution is 7.22. The fourth-order valence-corrected chi connectivity index (χ4v) is 4.32. The van der Waals surface area contributed by atoms with Gasteiger partial charge in [-0.15, -0.1) is 0 Å². The third kappa shape index (κ3) is 3.96. The minimum absolute atomic E-state index is 0.0429. The number of carbonyl (C=O) groups is 1. The second-order valence-corrected chi connectivity index (χ2v) is 8.18. The van der Waals surface area contributed by atoms with Gasteiger partial charge < -0.3 is 0 Å². The van der Waals surface area contributed by atoms with Gasteiger partial charge in [-0.3, -0.25) is 14.7 Å². The molecule has 0 saturated heterocycles. The van der Waals surface area contributed by atoms with E-state index in [0.29, 0.717) is 15.8 Å². The summed E-state index contributed by atoms with van der Waals surface area (Å²) in [5.41, 5.74) is 2.46. The lowest BCUT2D eigenvalue weighted by molar-refractivity contribution is 0.0985. The Kier molecular flexibility index (Phi) is 5.50. The molecule has 0 radical (unpaired) electrons. The Balaban J connectivity index is 1.82. The van der Waals surface area contributed by atoms with Crippen molar-refractivity contribution in [2.45, 2.75) is 13.5 Å². The van der Waals surface area contributed by atoms with Gasteiger partial charge in [-0.25, -0.2) is 9.37 Å². The number of carbonyl (C=O) groups excluding carboxylic acids is 1. The summed E-state index contributed by atoms with van der Waals surface area (Å²) >= 11 is 13.7. The minimum atomic E-state index is -0.506. The molecule has 0 N–H and O–H groups in total. The Morgan fingerprint density at radius 3 is 2.69 bits per heavy atom. The first kappa shape index (κ1) is 19.8. The molecular weight excluding hydrogens is 432 g/mol. The van der Waals surface area contributed by atoms with Gasteiger partial charge in [0.05, 0.1) is 33.0 Å². The molecule has 0 unspecified atom stereocenters. The Morgan fingerprint density at radius 1 is 1.14 bits per heavy atom. The van der Waals surface area contributed by atoms with Gasteiger partial charge in [0.1, 0.15) is 5.82 Å². The van der Waals surface area contributed by atoms with Crippen LogP contribution in [-0.2, 0) is 6.54 Å². The molecule has 2 aromatic carbocycles. The number of amides is 1. The second-order valence-electron chi connectivity index (χ2n) is 6.35. The summed E-state index contributed by atoms with van der Waals surface area (Å²) in [6.45, 7) is 2.08. The van der Waals surface area contributed by atoms with E-state index in [2.05, 4.69) is 9.97 Å². The highest BCUT2D eigenvalue weighted by Gasteiger charge is 2.24. The fourth-order valence-electron chi connectivity index (χ4n) is 2.89. The van der Waals surface area contributed by atoms with E-state index in [1.54, 1.807) is 12.3 Å². The van der Waals surface area contributed by atoms with Gasteiger partial charge in [0.25, 0.3) is 5.91 Å². The van der Waals surface area contributed by atoms with Gasteiger partial charge >= 0.3 is 0 Å². The number of aromatic nitrogens is 2. The van der Waals surface area contributed by atoms with Gasteiger partial charge in [-0.2, -0.15) is 0 Å². The lowest BCUT2D eigenvalue weighted by Gasteiger charge is -2.20. The van der Waals surface area contributed by atoms with E-state index in [1.807, 2.05) is 31.2 Å². The topological polar surface area (TPSA) is 46.1 Å². The number of aryl methyl sites for hydroxylation is 1. The summed E-state index contributed by atoms with van der Waals surface area (Å²) in [6, 6.07) is 12.9. The van der Waals surface area contributed by atoms with E-state index in [-0.39, 0.29) is 23.0 Å². The van der Waals surface area contributed by atoms with Crippen molar-refractivity contribution in [2.24, 2.45) is 0 Å². The number of pyridine rings is 1. The van der Waals surface area contributed by atoms with Crippen LogP contribution in [0.5, 0.6) is 0 Å². The largest absolute Gasteiger partial charge is 0.278 e. The Morgan fingerprint density at radius 2 is 1.97 bits per heavy atom. The van der Waals surface area contributed by atoms with Crippen LogP contribution in [0.1, 0.15) is 21.6 Å². The molecule has 4 rings (SSSR count). The number of thiazole rings is 1. The Hall–Kier alpha value is -2.54. The van der Waals surface area contributed by atoms with Crippen molar-refractivity contribution in [1.29, 1.82) is 0 Å². The van der Waals surface area contributed by atoms with Gasteiger partial charge in [0, 0.05) is 11.2 Å². The molecule has 8 heteroatoms. The third-order valence-corrected chi connectivity index (χ3v) is 6.19. The molecule has 4 nitrogen and oxygen atoms in total. The first-order valence-corrected chi connectivity index (χ1v) is 10.2. The summed E-state index contributed by atoms with van der Waals surface area (Å²) in [7, 11) is 0. The van der Waals surface area contributed by atoms with E-state index in [1.165, 1.54) is 28.4 Å². The zero-order valence-electron chi connectivity index (χ0n) is 15.2. The molecule has 4 aromatic rings. The molecule has 146 valence electrons. The first-order valence-electron chi connectivity index (χ1n) is 8.66. The first-order chi connectivity index (χ1) is 13.9. The van der Waals surface area contributed by atoms with Crippen molar-refractivity contribution in [3.8, 4) is 0 Å². The van der Waals surface area contributed by atoms with Gasteiger partial charge in [0.15, 0.2) is 5.13 Å². The zero-order valence-corrected chi connectivity index (χ0v) is 17.5. The summed E-state index contributed by atoms with van der Waals surface area (Å²) in [4.78, 5) is 23.8. The lowest BCUT2D eigenvalue weighted by Crippen LogP contribution is -2.31. The van der Waals surface area contributed by atoms with Gasteiger partial charge in [0.2, 0.25) is 0 Å². The van der Waals surface area contributed by atoms with E-state index in [4.69, 9.17) is 23.2 Å².